The number of carbonyl (C=O) groups excluding carboxylic acids is 2. The molecule has 0 aliphatic heterocycles. The Balaban J connectivity index is 1.42. The lowest BCUT2D eigenvalue weighted by atomic mass is 10.0. The predicted molar refractivity (Wildman–Crippen MR) is 162 cm³/mol. The number of carbonyl (C=O) groups is 2. The number of aromatic nitrogens is 2. The van der Waals surface area contributed by atoms with Gasteiger partial charge in [-0.15, -0.1) is 0 Å². The van der Waals surface area contributed by atoms with Gasteiger partial charge < -0.3 is 26.1 Å². The maximum Gasteiger partial charge on any atom is 0.490 e. The minimum absolute atomic E-state index is 0.0705. The van der Waals surface area contributed by atoms with E-state index in [1.807, 2.05) is 19.1 Å². The minimum Gasteiger partial charge on any atom is -0.449 e. The number of ether oxygens (including phenoxy) is 1. The number of pyridine rings is 1. The molecular weight excluding hydrogens is 590 g/mol. The van der Waals surface area contributed by atoms with Crippen molar-refractivity contribution in [2.24, 2.45) is 5.73 Å². The molecule has 1 unspecified atom stereocenters. The first-order valence-corrected chi connectivity index (χ1v) is 14.0. The number of alkyl halides is 3. The zero-order chi connectivity index (χ0) is 32.1. The van der Waals surface area contributed by atoms with E-state index < -0.39 is 24.2 Å². The summed E-state index contributed by atoms with van der Waals surface area (Å²) in [6.07, 6.45) is -4.34. The highest BCUT2D eigenvalue weighted by molar-refractivity contribution is 6.08. The molecule has 1 amide bonds. The van der Waals surface area contributed by atoms with Gasteiger partial charge in [-0.3, -0.25) is 4.79 Å². The summed E-state index contributed by atoms with van der Waals surface area (Å²) in [4.78, 5) is 31.6. The fourth-order valence-corrected chi connectivity index (χ4v) is 5.08. The molecule has 12 heteroatoms. The molecule has 5 rings (SSSR count). The molecule has 1 atom stereocenters. The largest absolute Gasteiger partial charge is 0.490 e. The molecule has 0 fully saturated rings. The topological polar surface area (TPSA) is 122 Å². The first-order chi connectivity index (χ1) is 21.5. The summed E-state index contributed by atoms with van der Waals surface area (Å²) in [5.41, 5.74) is 11.0. The summed E-state index contributed by atoms with van der Waals surface area (Å²) < 4.78 is 57.2. The van der Waals surface area contributed by atoms with Gasteiger partial charge in [-0.1, -0.05) is 49.4 Å². The highest BCUT2D eigenvalue weighted by Gasteiger charge is 2.42. The number of nitrogens with zero attached hydrogens (tertiary/aromatic N) is 1. The molecule has 0 spiro atoms. The summed E-state index contributed by atoms with van der Waals surface area (Å²) in [7, 11) is 0. The van der Waals surface area contributed by atoms with Gasteiger partial charge in [-0.05, 0) is 65.1 Å². The molecule has 0 bridgehead atoms. The summed E-state index contributed by atoms with van der Waals surface area (Å²) in [6.45, 7) is 2.12. The molecule has 5 aromatic rings. The Hall–Kier alpha value is -5.23. The van der Waals surface area contributed by atoms with Gasteiger partial charge in [-0.25, -0.2) is 14.2 Å². The van der Waals surface area contributed by atoms with Crippen molar-refractivity contribution in [2.75, 3.05) is 11.9 Å². The number of rotatable bonds is 11. The van der Waals surface area contributed by atoms with Crippen molar-refractivity contribution in [1.29, 1.82) is 0 Å². The Morgan fingerprint density at radius 1 is 1.02 bits per heavy atom. The number of hydrogen-bond acceptors (Lipinski definition) is 6. The second-order valence-corrected chi connectivity index (χ2v) is 10.2. The summed E-state index contributed by atoms with van der Waals surface area (Å²) in [5.74, 6) is -3.32. The van der Waals surface area contributed by atoms with Crippen LogP contribution in [-0.2, 0) is 22.5 Å². The lowest BCUT2D eigenvalue weighted by molar-refractivity contribution is -0.205. The number of halogens is 4. The van der Waals surface area contributed by atoms with Gasteiger partial charge in [0.15, 0.2) is 0 Å². The Bertz CT molecular complexity index is 1820. The number of aromatic amines is 1. The van der Waals surface area contributed by atoms with Crippen molar-refractivity contribution >= 4 is 34.3 Å². The van der Waals surface area contributed by atoms with Crippen molar-refractivity contribution in [2.45, 2.75) is 32.2 Å². The van der Waals surface area contributed by atoms with Gasteiger partial charge in [0.25, 0.3) is 5.91 Å². The Morgan fingerprint density at radius 3 is 2.42 bits per heavy atom. The van der Waals surface area contributed by atoms with Crippen LogP contribution < -0.4 is 16.4 Å². The van der Waals surface area contributed by atoms with E-state index in [-0.39, 0.29) is 24.5 Å². The van der Waals surface area contributed by atoms with Gasteiger partial charge in [0.05, 0.1) is 11.3 Å². The molecule has 2 aromatic heterocycles. The molecule has 2 heterocycles. The third kappa shape index (κ3) is 7.13. The van der Waals surface area contributed by atoms with Crippen LogP contribution in [0.1, 0.15) is 40.1 Å². The van der Waals surface area contributed by atoms with Gasteiger partial charge >= 0.3 is 12.1 Å². The summed E-state index contributed by atoms with van der Waals surface area (Å²) in [5, 5.41) is 7.07. The Morgan fingerprint density at radius 2 is 1.76 bits per heavy atom. The molecule has 45 heavy (non-hydrogen) atoms. The second-order valence-electron chi connectivity index (χ2n) is 10.2. The normalized spacial score (nSPS) is 12.2. The second kappa shape index (κ2) is 13.2. The zero-order valence-electron chi connectivity index (χ0n) is 24.0. The van der Waals surface area contributed by atoms with E-state index in [9.17, 15) is 27.2 Å². The van der Waals surface area contributed by atoms with Crippen LogP contribution in [0.2, 0.25) is 0 Å². The monoisotopic (exact) mass is 619 g/mol. The number of amides is 1. The summed E-state index contributed by atoms with van der Waals surface area (Å²) in [6, 6.07) is 21.4. The molecule has 0 radical (unpaired) electrons. The van der Waals surface area contributed by atoms with Crippen LogP contribution in [0.25, 0.3) is 22.3 Å². The van der Waals surface area contributed by atoms with Crippen LogP contribution in [0.3, 0.4) is 0 Å². The molecule has 3 aromatic carbocycles. The van der Waals surface area contributed by atoms with Crippen LogP contribution in [0.4, 0.5) is 28.9 Å². The van der Waals surface area contributed by atoms with Crippen LogP contribution in [0, 0.1) is 5.82 Å². The fraction of sp³-hybridized carbons (Fsp3) is 0.182. The van der Waals surface area contributed by atoms with E-state index in [0.717, 1.165) is 16.7 Å². The molecular formula is C33H29F4N5O3. The summed E-state index contributed by atoms with van der Waals surface area (Å²) >= 11 is 0. The fourth-order valence-electron chi connectivity index (χ4n) is 5.08. The molecule has 0 aliphatic rings. The number of anilines is 2. The molecule has 5 N–H and O–H groups in total. The molecule has 0 saturated carbocycles. The van der Waals surface area contributed by atoms with Gasteiger partial charge in [0, 0.05) is 36.1 Å². The molecule has 0 aliphatic carbocycles. The number of nitrogens with two attached hydrogens (primary N) is 1. The van der Waals surface area contributed by atoms with Crippen molar-refractivity contribution in [3.8, 4) is 11.3 Å². The standard InChI is InChI=1S/C33H29F4N5O3/c1-2-23-21(16-39-18-28(20-7-4-3-5-8-20)45-32(44)33(35,36)37)9-6-10-26(23)41-29-24-15-27(19-11-13-22(34)14-12-19)42-31(24)40-17-25(29)30(38)43/h3-15,17,28,39H,2,16,18H2,1H3,(H2,38,43)(H2,40,41,42). The number of hydrogen-bond donors (Lipinski definition) is 4. The lowest BCUT2D eigenvalue weighted by Crippen LogP contribution is -2.31. The van der Waals surface area contributed by atoms with E-state index in [1.165, 1.54) is 18.3 Å². The van der Waals surface area contributed by atoms with Crippen LogP contribution in [-0.4, -0.2) is 34.6 Å². The van der Waals surface area contributed by atoms with E-state index in [2.05, 4.69) is 20.6 Å². The van der Waals surface area contributed by atoms with Crippen LogP contribution >= 0.6 is 0 Å². The molecule has 232 valence electrons. The number of nitrogens with one attached hydrogen (secondary N) is 3. The lowest BCUT2D eigenvalue weighted by Gasteiger charge is -2.21. The van der Waals surface area contributed by atoms with Crippen molar-refractivity contribution < 1.29 is 31.9 Å². The van der Waals surface area contributed by atoms with Crippen LogP contribution in [0.15, 0.2) is 85.1 Å². The maximum absolute atomic E-state index is 13.5. The zero-order valence-corrected chi connectivity index (χ0v) is 24.0. The maximum atomic E-state index is 13.5. The SMILES string of the molecule is CCc1c(CNCC(OC(=O)C(F)(F)F)c2ccccc2)cccc1Nc1c(C(N)=O)cnc2[nH]c(-c3ccc(F)cc3)cc12. The van der Waals surface area contributed by atoms with Crippen molar-refractivity contribution in [3.05, 3.63) is 113 Å². The third-order valence-electron chi connectivity index (χ3n) is 7.26. The first-order valence-electron chi connectivity index (χ1n) is 14.0. The number of benzene rings is 3. The molecule has 0 saturated heterocycles. The van der Waals surface area contributed by atoms with E-state index in [4.69, 9.17) is 10.5 Å². The minimum atomic E-state index is -5.12. The van der Waals surface area contributed by atoms with Gasteiger partial charge in [0.2, 0.25) is 0 Å². The quantitative estimate of drug-likeness (QED) is 0.0963. The number of esters is 1. The average molecular weight is 620 g/mol. The number of H-pyrrole nitrogens is 1. The van der Waals surface area contributed by atoms with Gasteiger partial charge in [0.1, 0.15) is 17.6 Å². The van der Waals surface area contributed by atoms with Gasteiger partial charge in [-0.2, -0.15) is 13.2 Å². The third-order valence-corrected chi connectivity index (χ3v) is 7.26. The Kier molecular flexibility index (Phi) is 9.14. The Labute approximate surface area is 255 Å². The van der Waals surface area contributed by atoms with E-state index in [1.54, 1.807) is 54.6 Å². The predicted octanol–water partition coefficient (Wildman–Crippen LogP) is 6.71. The number of primary amides is 1. The first kappa shape index (κ1) is 31.2. The highest BCUT2D eigenvalue weighted by Crippen LogP contribution is 2.34. The van der Waals surface area contributed by atoms with E-state index >= 15 is 0 Å². The highest BCUT2D eigenvalue weighted by atomic mass is 19.4. The number of fused-ring (bicyclic) bond motifs is 1. The van der Waals surface area contributed by atoms with Crippen molar-refractivity contribution in [3.63, 3.8) is 0 Å². The van der Waals surface area contributed by atoms with Crippen molar-refractivity contribution in [1.82, 2.24) is 15.3 Å². The smallest absolute Gasteiger partial charge is 0.449 e. The average Bonchev–Trinajstić information content (AvgIpc) is 3.46. The van der Waals surface area contributed by atoms with E-state index in [0.29, 0.717) is 40.1 Å². The molecule has 8 nitrogen and oxygen atoms in total. The van der Waals surface area contributed by atoms with Crippen LogP contribution in [0.5, 0.6) is 0 Å².